The van der Waals surface area contributed by atoms with Crippen LogP contribution in [0.2, 0.25) is 0 Å². The molecule has 0 aliphatic carbocycles. The monoisotopic (exact) mass is 369 g/mol. The minimum Gasteiger partial charge on any atom is -0.444 e. The van der Waals surface area contributed by atoms with E-state index in [1.165, 1.54) is 4.90 Å². The fraction of sp³-hybridized carbons (Fsp3) is 0.611. The number of likely N-dealkylation sites (tertiary alicyclic amines) is 1. The molecule has 1 aromatic rings. The number of hydrogen-bond acceptors (Lipinski definition) is 5. The van der Waals surface area contributed by atoms with Crippen molar-refractivity contribution in [2.75, 3.05) is 13.2 Å². The van der Waals surface area contributed by atoms with Crippen LogP contribution in [0.1, 0.15) is 40.2 Å². The van der Waals surface area contributed by atoms with Crippen molar-refractivity contribution in [3.8, 4) is 0 Å². The van der Waals surface area contributed by atoms with Crippen molar-refractivity contribution in [1.29, 1.82) is 0 Å². The third-order valence-electron chi connectivity index (χ3n) is 4.08. The van der Waals surface area contributed by atoms with E-state index in [2.05, 4.69) is 0 Å². The molecule has 7 heteroatoms. The highest BCUT2D eigenvalue weighted by molar-refractivity contribution is 7.85. The third kappa shape index (κ3) is 5.44. The van der Waals surface area contributed by atoms with Crippen molar-refractivity contribution in [3.05, 3.63) is 35.9 Å². The molecule has 0 saturated carbocycles. The summed E-state index contributed by atoms with van der Waals surface area (Å²) in [6, 6.07) is 8.52. The highest BCUT2D eigenvalue weighted by Crippen LogP contribution is 2.38. The van der Waals surface area contributed by atoms with E-state index in [1.807, 2.05) is 19.9 Å². The van der Waals surface area contributed by atoms with Crippen LogP contribution in [0.5, 0.6) is 0 Å². The maximum Gasteiger partial charge on any atom is 0.410 e. The minimum atomic E-state index is -3.72. The molecule has 1 fully saturated rings. The molecule has 0 unspecified atom stereocenters. The van der Waals surface area contributed by atoms with Crippen LogP contribution in [0.3, 0.4) is 0 Å². The Bertz CT molecular complexity index is 707. The molecule has 1 amide bonds. The van der Waals surface area contributed by atoms with Crippen LogP contribution in [0.15, 0.2) is 30.3 Å². The first-order chi connectivity index (χ1) is 11.4. The fourth-order valence-corrected chi connectivity index (χ4v) is 3.80. The molecule has 1 heterocycles. The highest BCUT2D eigenvalue weighted by Gasteiger charge is 2.50. The Balaban J connectivity index is 1.98. The van der Waals surface area contributed by atoms with Gasteiger partial charge in [0.05, 0.1) is 12.6 Å². The summed E-state index contributed by atoms with van der Waals surface area (Å²) in [6.45, 7) is 9.79. The van der Waals surface area contributed by atoms with Crippen LogP contribution < -0.4 is 0 Å². The van der Waals surface area contributed by atoms with Crippen molar-refractivity contribution in [1.82, 2.24) is 4.90 Å². The summed E-state index contributed by atoms with van der Waals surface area (Å²) in [5, 5.41) is 0. The lowest BCUT2D eigenvalue weighted by Crippen LogP contribution is -2.66. The first-order valence-electron chi connectivity index (χ1n) is 8.30. The number of carbonyl (C=O) groups is 1. The minimum absolute atomic E-state index is 0.0680. The van der Waals surface area contributed by atoms with Crippen molar-refractivity contribution in [2.24, 2.45) is 5.41 Å². The van der Waals surface area contributed by atoms with Gasteiger partial charge in [-0.2, -0.15) is 8.42 Å². The molecule has 1 aliphatic rings. The average Bonchev–Trinajstić information content (AvgIpc) is 2.43. The first kappa shape index (κ1) is 19.7. The van der Waals surface area contributed by atoms with Crippen LogP contribution in [0, 0.1) is 5.41 Å². The van der Waals surface area contributed by atoms with Gasteiger partial charge in [0.1, 0.15) is 11.4 Å². The Labute approximate surface area is 150 Å². The molecule has 1 aliphatic heterocycles. The molecule has 2 rings (SSSR count). The number of amides is 1. The summed E-state index contributed by atoms with van der Waals surface area (Å²) in [4.78, 5) is 13.8. The van der Waals surface area contributed by atoms with Gasteiger partial charge in [-0.1, -0.05) is 44.2 Å². The smallest absolute Gasteiger partial charge is 0.410 e. The van der Waals surface area contributed by atoms with E-state index in [0.717, 1.165) is 0 Å². The van der Waals surface area contributed by atoms with Gasteiger partial charge in [-0.3, -0.25) is 4.18 Å². The standard InChI is InChI=1S/C18H27NO5S/c1-17(2,3)24-16(20)19-13-18(4,5)15(19)11-23-25(21,22)12-14-9-7-6-8-10-14/h6-10,15H,11-13H2,1-5H3/t15-/m0/s1. The van der Waals surface area contributed by atoms with Crippen LogP contribution in [-0.4, -0.2) is 44.2 Å². The Morgan fingerprint density at radius 3 is 2.36 bits per heavy atom. The largest absolute Gasteiger partial charge is 0.444 e. The van der Waals surface area contributed by atoms with E-state index in [1.54, 1.807) is 45.0 Å². The van der Waals surface area contributed by atoms with Crippen LogP contribution in [0.4, 0.5) is 4.79 Å². The molecule has 25 heavy (non-hydrogen) atoms. The van der Waals surface area contributed by atoms with E-state index in [0.29, 0.717) is 12.1 Å². The van der Waals surface area contributed by atoms with E-state index in [-0.39, 0.29) is 23.8 Å². The zero-order valence-electron chi connectivity index (χ0n) is 15.5. The second-order valence-electron chi connectivity index (χ2n) is 8.08. The lowest BCUT2D eigenvalue weighted by Gasteiger charge is -2.53. The first-order valence-corrected chi connectivity index (χ1v) is 9.88. The molecule has 0 aromatic heterocycles. The van der Waals surface area contributed by atoms with Crippen molar-refractivity contribution >= 4 is 16.2 Å². The quantitative estimate of drug-likeness (QED) is 0.746. The lowest BCUT2D eigenvalue weighted by molar-refractivity contribution is -0.0773. The van der Waals surface area contributed by atoms with E-state index in [4.69, 9.17) is 8.92 Å². The van der Waals surface area contributed by atoms with Gasteiger partial charge in [0.2, 0.25) is 0 Å². The fourth-order valence-electron chi connectivity index (χ4n) is 2.78. The molecule has 0 N–H and O–H groups in total. The molecule has 0 radical (unpaired) electrons. The summed E-state index contributed by atoms with van der Waals surface area (Å²) in [7, 11) is -3.72. The SMILES string of the molecule is CC(C)(C)OC(=O)N1CC(C)(C)[C@@H]1COS(=O)(=O)Cc1ccccc1. The topological polar surface area (TPSA) is 72.9 Å². The van der Waals surface area contributed by atoms with E-state index >= 15 is 0 Å². The Morgan fingerprint density at radius 1 is 1.24 bits per heavy atom. The van der Waals surface area contributed by atoms with E-state index in [9.17, 15) is 13.2 Å². The van der Waals surface area contributed by atoms with Gasteiger partial charge >= 0.3 is 6.09 Å². The summed E-state index contributed by atoms with van der Waals surface area (Å²) >= 11 is 0. The number of rotatable bonds is 5. The third-order valence-corrected chi connectivity index (χ3v) is 5.26. The van der Waals surface area contributed by atoms with Crippen LogP contribution in [-0.2, 0) is 24.8 Å². The molecule has 1 atom stereocenters. The van der Waals surface area contributed by atoms with Gasteiger partial charge in [0.25, 0.3) is 10.1 Å². The number of nitrogens with zero attached hydrogens (tertiary/aromatic N) is 1. The molecule has 6 nitrogen and oxygen atoms in total. The summed E-state index contributed by atoms with van der Waals surface area (Å²) in [6.07, 6.45) is -0.444. The van der Waals surface area contributed by atoms with Gasteiger partial charge in [0.15, 0.2) is 0 Å². The van der Waals surface area contributed by atoms with Gasteiger partial charge in [-0.05, 0) is 26.3 Å². The molecule has 0 spiro atoms. The zero-order chi connectivity index (χ0) is 18.9. The maximum absolute atomic E-state index is 12.3. The Kier molecular flexibility index (Phi) is 5.49. The molecular weight excluding hydrogens is 342 g/mol. The normalized spacial score (nSPS) is 20.0. The molecule has 140 valence electrons. The average molecular weight is 369 g/mol. The second-order valence-corrected chi connectivity index (χ2v) is 9.72. The molecule has 1 aromatic carbocycles. The predicted molar refractivity (Wildman–Crippen MR) is 95.5 cm³/mol. The van der Waals surface area contributed by atoms with Gasteiger partial charge in [-0.15, -0.1) is 0 Å². The number of ether oxygens (including phenoxy) is 1. The van der Waals surface area contributed by atoms with Gasteiger partial charge in [-0.25, -0.2) is 4.79 Å². The predicted octanol–water partition coefficient (Wildman–Crippen LogP) is 3.18. The van der Waals surface area contributed by atoms with Crippen LogP contribution >= 0.6 is 0 Å². The molecule has 1 saturated heterocycles. The van der Waals surface area contributed by atoms with Crippen molar-refractivity contribution in [3.63, 3.8) is 0 Å². The van der Waals surface area contributed by atoms with Crippen molar-refractivity contribution in [2.45, 2.75) is 52.0 Å². The molecular formula is C18H27NO5S. The Morgan fingerprint density at radius 2 is 1.84 bits per heavy atom. The maximum atomic E-state index is 12.3. The van der Waals surface area contributed by atoms with E-state index < -0.39 is 21.8 Å². The second kappa shape index (κ2) is 6.96. The molecule has 0 bridgehead atoms. The zero-order valence-corrected chi connectivity index (χ0v) is 16.3. The Hall–Kier alpha value is -1.60. The lowest BCUT2D eigenvalue weighted by atomic mass is 9.75. The van der Waals surface area contributed by atoms with Crippen molar-refractivity contribution < 1.29 is 22.1 Å². The highest BCUT2D eigenvalue weighted by atomic mass is 32.2. The number of benzene rings is 1. The summed E-state index contributed by atoms with van der Waals surface area (Å²) in [5.74, 6) is -0.187. The van der Waals surface area contributed by atoms with Gasteiger partial charge < -0.3 is 9.64 Å². The number of carbonyl (C=O) groups excluding carboxylic acids is 1. The van der Waals surface area contributed by atoms with Crippen LogP contribution in [0.25, 0.3) is 0 Å². The summed E-state index contributed by atoms with van der Waals surface area (Å²) < 4.78 is 35.0. The number of hydrogen-bond donors (Lipinski definition) is 0. The van der Waals surface area contributed by atoms with Gasteiger partial charge in [0, 0.05) is 12.0 Å². The summed E-state index contributed by atoms with van der Waals surface area (Å²) in [5.41, 5.74) is -0.153.